The van der Waals surface area contributed by atoms with Crippen LogP contribution in [0.4, 0.5) is 11.4 Å². The quantitative estimate of drug-likeness (QED) is 0.496. The second kappa shape index (κ2) is 7.70. The Balaban J connectivity index is 1.67. The van der Waals surface area contributed by atoms with E-state index in [9.17, 15) is 14.9 Å². The average molecular weight is 362 g/mol. The van der Waals surface area contributed by atoms with Crippen molar-refractivity contribution in [1.29, 1.82) is 0 Å². The van der Waals surface area contributed by atoms with E-state index < -0.39 is 4.92 Å². The number of carbonyl (C=O) groups excluding carboxylic acids is 1. The lowest BCUT2D eigenvalue weighted by Crippen LogP contribution is -2.11. The molecule has 6 heteroatoms. The highest BCUT2D eigenvalue weighted by Crippen LogP contribution is 2.27. The summed E-state index contributed by atoms with van der Waals surface area (Å²) < 4.78 is 5.89. The van der Waals surface area contributed by atoms with Gasteiger partial charge < -0.3 is 10.1 Å². The standard InChI is InChI=1S/C21H18N2O4/c1-14-4-3-5-20(15(14)2)27-19-12-8-17(9-13-19)22-21(24)16-6-10-18(11-7-16)23(25)26/h3-13H,1-2H3,(H,22,24). The maximum Gasteiger partial charge on any atom is 0.269 e. The number of hydrogen-bond donors (Lipinski definition) is 1. The molecule has 0 atom stereocenters. The minimum absolute atomic E-state index is 0.0560. The van der Waals surface area contributed by atoms with Gasteiger partial charge in [-0.3, -0.25) is 14.9 Å². The molecule has 3 aromatic rings. The van der Waals surface area contributed by atoms with Crippen LogP contribution in [0.5, 0.6) is 11.5 Å². The first-order valence-electron chi connectivity index (χ1n) is 8.34. The van der Waals surface area contributed by atoms with Gasteiger partial charge in [0.1, 0.15) is 11.5 Å². The molecule has 0 saturated heterocycles. The second-order valence-corrected chi connectivity index (χ2v) is 6.08. The fourth-order valence-corrected chi connectivity index (χ4v) is 2.51. The molecule has 0 bridgehead atoms. The van der Waals surface area contributed by atoms with Gasteiger partial charge in [-0.1, -0.05) is 12.1 Å². The first-order valence-corrected chi connectivity index (χ1v) is 8.34. The van der Waals surface area contributed by atoms with Crippen molar-refractivity contribution >= 4 is 17.3 Å². The van der Waals surface area contributed by atoms with E-state index >= 15 is 0 Å². The summed E-state index contributed by atoms with van der Waals surface area (Å²) in [6.07, 6.45) is 0. The molecule has 6 nitrogen and oxygen atoms in total. The van der Waals surface area contributed by atoms with Crippen molar-refractivity contribution in [3.05, 3.63) is 93.5 Å². The van der Waals surface area contributed by atoms with E-state index in [0.29, 0.717) is 17.0 Å². The number of nitro groups is 1. The van der Waals surface area contributed by atoms with Gasteiger partial charge in [0, 0.05) is 23.4 Å². The molecule has 27 heavy (non-hydrogen) atoms. The Bertz CT molecular complexity index is 980. The Morgan fingerprint density at radius 1 is 0.963 bits per heavy atom. The zero-order valence-electron chi connectivity index (χ0n) is 14.9. The van der Waals surface area contributed by atoms with Crippen molar-refractivity contribution in [3.63, 3.8) is 0 Å². The van der Waals surface area contributed by atoms with Crippen LogP contribution in [0.3, 0.4) is 0 Å². The lowest BCUT2D eigenvalue weighted by atomic mass is 10.1. The van der Waals surface area contributed by atoms with Crippen molar-refractivity contribution < 1.29 is 14.5 Å². The molecule has 136 valence electrons. The summed E-state index contributed by atoms with van der Waals surface area (Å²) >= 11 is 0. The van der Waals surface area contributed by atoms with E-state index in [0.717, 1.165) is 16.9 Å². The molecule has 1 amide bonds. The van der Waals surface area contributed by atoms with Gasteiger partial charge in [-0.2, -0.15) is 0 Å². The number of nitro benzene ring substituents is 1. The van der Waals surface area contributed by atoms with Crippen LogP contribution in [0, 0.1) is 24.0 Å². The Kier molecular flexibility index (Phi) is 5.17. The first-order chi connectivity index (χ1) is 12.9. The van der Waals surface area contributed by atoms with Crippen molar-refractivity contribution in [3.8, 4) is 11.5 Å². The molecule has 0 aliphatic rings. The van der Waals surface area contributed by atoms with Gasteiger partial charge in [0.2, 0.25) is 0 Å². The first kappa shape index (κ1) is 18.1. The molecule has 0 aromatic heterocycles. The van der Waals surface area contributed by atoms with Crippen LogP contribution in [0.25, 0.3) is 0 Å². The Morgan fingerprint density at radius 2 is 1.63 bits per heavy atom. The smallest absolute Gasteiger partial charge is 0.269 e. The molecule has 0 radical (unpaired) electrons. The van der Waals surface area contributed by atoms with Crippen LogP contribution < -0.4 is 10.1 Å². The number of hydrogen-bond acceptors (Lipinski definition) is 4. The summed E-state index contributed by atoms with van der Waals surface area (Å²) in [5.74, 6) is 1.11. The molecule has 3 aromatic carbocycles. The number of carbonyl (C=O) groups is 1. The van der Waals surface area contributed by atoms with Crippen molar-refractivity contribution in [2.24, 2.45) is 0 Å². The van der Waals surface area contributed by atoms with Crippen molar-refractivity contribution in [2.75, 3.05) is 5.32 Å². The van der Waals surface area contributed by atoms with Crippen LogP contribution in [0.15, 0.2) is 66.7 Å². The van der Waals surface area contributed by atoms with Gasteiger partial charge in [0.15, 0.2) is 0 Å². The Morgan fingerprint density at radius 3 is 2.26 bits per heavy atom. The minimum atomic E-state index is -0.504. The monoisotopic (exact) mass is 362 g/mol. The van der Waals surface area contributed by atoms with E-state index in [2.05, 4.69) is 5.32 Å². The van der Waals surface area contributed by atoms with E-state index in [1.807, 2.05) is 32.0 Å². The summed E-state index contributed by atoms with van der Waals surface area (Å²) in [4.78, 5) is 22.4. The minimum Gasteiger partial charge on any atom is -0.457 e. The van der Waals surface area contributed by atoms with Crippen molar-refractivity contribution in [2.45, 2.75) is 13.8 Å². The third-order valence-corrected chi connectivity index (χ3v) is 4.24. The summed E-state index contributed by atoms with van der Waals surface area (Å²) in [5.41, 5.74) is 3.12. The highest BCUT2D eigenvalue weighted by Gasteiger charge is 2.10. The molecular weight excluding hydrogens is 344 g/mol. The molecule has 0 fully saturated rings. The Hall–Kier alpha value is -3.67. The highest BCUT2D eigenvalue weighted by molar-refractivity contribution is 6.04. The zero-order chi connectivity index (χ0) is 19.4. The van der Waals surface area contributed by atoms with Gasteiger partial charge in [-0.05, 0) is 67.4 Å². The second-order valence-electron chi connectivity index (χ2n) is 6.08. The van der Waals surface area contributed by atoms with Gasteiger partial charge in [0.05, 0.1) is 4.92 Å². The lowest BCUT2D eigenvalue weighted by Gasteiger charge is -2.11. The number of rotatable bonds is 5. The normalized spacial score (nSPS) is 10.3. The largest absolute Gasteiger partial charge is 0.457 e. The third-order valence-electron chi connectivity index (χ3n) is 4.24. The molecule has 0 aliphatic heterocycles. The molecule has 0 unspecified atom stereocenters. The van der Waals surface area contributed by atoms with E-state index in [4.69, 9.17) is 4.74 Å². The fourth-order valence-electron chi connectivity index (χ4n) is 2.51. The van der Waals surface area contributed by atoms with Gasteiger partial charge in [0.25, 0.3) is 11.6 Å². The third kappa shape index (κ3) is 4.30. The van der Waals surface area contributed by atoms with Crippen LogP contribution in [0.2, 0.25) is 0 Å². The molecular formula is C21H18N2O4. The molecule has 3 rings (SSSR count). The van der Waals surface area contributed by atoms with Crippen LogP contribution >= 0.6 is 0 Å². The van der Waals surface area contributed by atoms with Gasteiger partial charge >= 0.3 is 0 Å². The van der Waals surface area contributed by atoms with E-state index in [1.54, 1.807) is 24.3 Å². The number of amides is 1. The summed E-state index contributed by atoms with van der Waals surface area (Å²) in [6.45, 7) is 4.03. The highest BCUT2D eigenvalue weighted by atomic mass is 16.6. The molecule has 0 heterocycles. The van der Waals surface area contributed by atoms with E-state index in [-0.39, 0.29) is 11.6 Å². The molecule has 0 saturated carbocycles. The fraction of sp³-hybridized carbons (Fsp3) is 0.0952. The maximum atomic E-state index is 12.2. The summed E-state index contributed by atoms with van der Waals surface area (Å²) in [5, 5.41) is 13.4. The van der Waals surface area contributed by atoms with Crippen molar-refractivity contribution in [1.82, 2.24) is 0 Å². The number of aryl methyl sites for hydroxylation is 1. The molecule has 0 aliphatic carbocycles. The number of ether oxygens (including phenoxy) is 1. The SMILES string of the molecule is Cc1cccc(Oc2ccc(NC(=O)c3ccc([N+](=O)[O-])cc3)cc2)c1C. The summed E-state index contributed by atoms with van der Waals surface area (Å²) in [7, 11) is 0. The van der Waals surface area contributed by atoms with Gasteiger partial charge in [-0.25, -0.2) is 0 Å². The number of anilines is 1. The predicted octanol–water partition coefficient (Wildman–Crippen LogP) is 5.26. The van der Waals surface area contributed by atoms with Crippen LogP contribution in [-0.4, -0.2) is 10.8 Å². The number of benzene rings is 3. The van der Waals surface area contributed by atoms with Crippen LogP contribution in [-0.2, 0) is 0 Å². The zero-order valence-corrected chi connectivity index (χ0v) is 14.9. The number of non-ortho nitro benzene ring substituents is 1. The average Bonchev–Trinajstić information content (AvgIpc) is 2.67. The summed E-state index contributed by atoms with van der Waals surface area (Å²) in [6, 6.07) is 18.3. The van der Waals surface area contributed by atoms with E-state index in [1.165, 1.54) is 24.3 Å². The Labute approximate surface area is 156 Å². The lowest BCUT2D eigenvalue weighted by molar-refractivity contribution is -0.384. The van der Waals surface area contributed by atoms with Crippen LogP contribution in [0.1, 0.15) is 21.5 Å². The number of nitrogens with one attached hydrogen (secondary N) is 1. The maximum absolute atomic E-state index is 12.2. The molecule has 0 spiro atoms. The number of nitrogens with zero attached hydrogens (tertiary/aromatic N) is 1. The molecule has 1 N–H and O–H groups in total. The topological polar surface area (TPSA) is 81.5 Å². The van der Waals surface area contributed by atoms with Gasteiger partial charge in [-0.15, -0.1) is 0 Å². The predicted molar refractivity (Wildman–Crippen MR) is 103 cm³/mol.